The van der Waals surface area contributed by atoms with Crippen LogP contribution >= 0.6 is 0 Å². The van der Waals surface area contributed by atoms with Crippen LogP contribution in [0.25, 0.3) is 17.3 Å². The topological polar surface area (TPSA) is 79.4 Å². The minimum atomic E-state index is -0.465. The maximum atomic E-state index is 12.3. The van der Waals surface area contributed by atoms with E-state index in [1.165, 1.54) is 17.2 Å². The first kappa shape index (κ1) is 23.0. The Balaban J connectivity index is 1.35. The van der Waals surface area contributed by atoms with Crippen LogP contribution in [0.5, 0.6) is 5.75 Å². The SMILES string of the molecule is COc1ccc(-c2cc(COC(=O)/C=C/c3c(C)nn(Cc4ccc(C)cc4)c3C)on2)cc1. The maximum absolute atomic E-state index is 12.3. The largest absolute Gasteiger partial charge is 0.497 e. The average molecular weight is 458 g/mol. The molecule has 0 saturated carbocycles. The summed E-state index contributed by atoms with van der Waals surface area (Å²) in [5.74, 6) is 0.762. The van der Waals surface area contributed by atoms with Crippen molar-refractivity contribution in [3.8, 4) is 17.0 Å². The molecule has 0 aliphatic heterocycles. The van der Waals surface area contributed by atoms with Crippen LogP contribution in [0.3, 0.4) is 0 Å². The van der Waals surface area contributed by atoms with Gasteiger partial charge < -0.3 is 14.0 Å². The summed E-state index contributed by atoms with van der Waals surface area (Å²) in [5.41, 5.74) is 6.70. The van der Waals surface area contributed by atoms with Crippen molar-refractivity contribution in [2.45, 2.75) is 33.9 Å². The van der Waals surface area contributed by atoms with Gasteiger partial charge >= 0.3 is 5.97 Å². The van der Waals surface area contributed by atoms with Crippen molar-refractivity contribution in [1.29, 1.82) is 0 Å². The second-order valence-electron chi connectivity index (χ2n) is 8.08. The molecule has 0 unspecified atom stereocenters. The summed E-state index contributed by atoms with van der Waals surface area (Å²) in [6.45, 7) is 6.66. The summed E-state index contributed by atoms with van der Waals surface area (Å²) in [6.07, 6.45) is 3.16. The molecule has 174 valence electrons. The van der Waals surface area contributed by atoms with E-state index in [1.807, 2.05) is 42.8 Å². The van der Waals surface area contributed by atoms with Crippen molar-refractivity contribution in [3.63, 3.8) is 0 Å². The van der Waals surface area contributed by atoms with Crippen LogP contribution in [0.1, 0.15) is 33.8 Å². The maximum Gasteiger partial charge on any atom is 0.331 e. The van der Waals surface area contributed by atoms with E-state index in [4.69, 9.17) is 14.0 Å². The van der Waals surface area contributed by atoms with E-state index in [-0.39, 0.29) is 6.61 Å². The van der Waals surface area contributed by atoms with E-state index in [0.29, 0.717) is 18.0 Å². The van der Waals surface area contributed by atoms with Crippen LogP contribution in [-0.2, 0) is 22.7 Å². The van der Waals surface area contributed by atoms with Crippen molar-refractivity contribution in [2.75, 3.05) is 7.11 Å². The molecule has 0 aliphatic carbocycles. The first-order valence-electron chi connectivity index (χ1n) is 11.0. The lowest BCUT2D eigenvalue weighted by molar-refractivity contribution is -0.139. The second-order valence-corrected chi connectivity index (χ2v) is 8.08. The number of ether oxygens (including phenoxy) is 2. The van der Waals surface area contributed by atoms with Gasteiger partial charge in [0.15, 0.2) is 12.4 Å². The first-order chi connectivity index (χ1) is 16.4. The number of esters is 1. The van der Waals surface area contributed by atoms with Crippen molar-refractivity contribution >= 4 is 12.0 Å². The van der Waals surface area contributed by atoms with Gasteiger partial charge in [-0.25, -0.2) is 4.79 Å². The van der Waals surface area contributed by atoms with Gasteiger partial charge in [-0.3, -0.25) is 4.68 Å². The van der Waals surface area contributed by atoms with Gasteiger partial charge in [-0.15, -0.1) is 0 Å². The molecule has 0 radical (unpaired) electrons. The Kier molecular flexibility index (Phi) is 6.92. The Labute approximate surface area is 198 Å². The third kappa shape index (κ3) is 5.43. The lowest BCUT2D eigenvalue weighted by Crippen LogP contribution is -2.04. The van der Waals surface area contributed by atoms with Crippen LogP contribution in [-0.4, -0.2) is 28.0 Å². The predicted molar refractivity (Wildman–Crippen MR) is 129 cm³/mol. The summed E-state index contributed by atoms with van der Waals surface area (Å²) in [7, 11) is 1.62. The molecule has 2 aromatic heterocycles. The molecule has 7 heteroatoms. The number of benzene rings is 2. The number of rotatable bonds is 8. The minimum Gasteiger partial charge on any atom is -0.497 e. The minimum absolute atomic E-state index is 0.00300. The number of hydrogen-bond donors (Lipinski definition) is 0. The molecule has 4 aromatic rings. The summed E-state index contributed by atoms with van der Waals surface area (Å²) < 4.78 is 17.7. The molecule has 0 amide bonds. The van der Waals surface area contributed by atoms with Crippen LogP contribution < -0.4 is 4.74 Å². The van der Waals surface area contributed by atoms with Crippen molar-refractivity contribution < 1.29 is 18.8 Å². The molecule has 0 N–H and O–H groups in total. The highest BCUT2D eigenvalue weighted by atomic mass is 16.5. The van der Waals surface area contributed by atoms with Crippen molar-refractivity contribution in [2.24, 2.45) is 0 Å². The number of nitrogens with zero attached hydrogens (tertiary/aromatic N) is 3. The third-order valence-electron chi connectivity index (χ3n) is 5.58. The molecule has 0 aliphatic rings. The zero-order valence-corrected chi connectivity index (χ0v) is 19.7. The molecule has 2 heterocycles. The second kappa shape index (κ2) is 10.2. The van der Waals surface area contributed by atoms with E-state index >= 15 is 0 Å². The van der Waals surface area contributed by atoms with Crippen molar-refractivity contribution in [1.82, 2.24) is 14.9 Å². The van der Waals surface area contributed by atoms with E-state index in [0.717, 1.165) is 28.3 Å². The highest BCUT2D eigenvalue weighted by Crippen LogP contribution is 2.22. The third-order valence-corrected chi connectivity index (χ3v) is 5.58. The fourth-order valence-electron chi connectivity index (χ4n) is 3.59. The Hall–Kier alpha value is -4.13. The van der Waals surface area contributed by atoms with Gasteiger partial charge in [-0.2, -0.15) is 5.10 Å². The first-order valence-corrected chi connectivity index (χ1v) is 11.0. The van der Waals surface area contributed by atoms with Crippen LogP contribution in [0, 0.1) is 20.8 Å². The van der Waals surface area contributed by atoms with Gasteiger partial charge in [-0.1, -0.05) is 35.0 Å². The molecule has 0 spiro atoms. The standard InChI is InChI=1S/C27H27N3O4/c1-18-5-7-21(8-6-18)16-30-20(3)25(19(2)28-30)13-14-27(31)33-17-24-15-26(29-34-24)22-9-11-23(32-4)12-10-22/h5-15H,16-17H2,1-4H3/b14-13+. The Morgan fingerprint density at radius 1 is 1.06 bits per heavy atom. The van der Waals surface area contributed by atoms with Gasteiger partial charge in [0, 0.05) is 29.0 Å². The molecule has 2 aromatic carbocycles. The normalized spacial score (nSPS) is 11.2. The van der Waals surface area contributed by atoms with Crippen molar-refractivity contribution in [3.05, 3.63) is 94.5 Å². The summed E-state index contributed by atoms with van der Waals surface area (Å²) in [6, 6.07) is 17.6. The molecule has 34 heavy (non-hydrogen) atoms. The van der Waals surface area contributed by atoms with Gasteiger partial charge in [0.05, 0.1) is 19.3 Å². The number of carbonyl (C=O) groups is 1. The molecule has 7 nitrogen and oxygen atoms in total. The molecular formula is C27H27N3O4. The average Bonchev–Trinajstić information content (AvgIpc) is 3.42. The Morgan fingerprint density at radius 3 is 2.50 bits per heavy atom. The van der Waals surface area contributed by atoms with Gasteiger partial charge in [-0.05, 0) is 56.7 Å². The number of carbonyl (C=O) groups excluding carboxylic acids is 1. The summed E-state index contributed by atoms with van der Waals surface area (Å²) in [5, 5.41) is 8.67. The highest BCUT2D eigenvalue weighted by Gasteiger charge is 2.12. The zero-order valence-electron chi connectivity index (χ0n) is 19.7. The quantitative estimate of drug-likeness (QED) is 0.265. The smallest absolute Gasteiger partial charge is 0.331 e. The fraction of sp³-hybridized carbons (Fsp3) is 0.222. The summed E-state index contributed by atoms with van der Waals surface area (Å²) in [4.78, 5) is 12.3. The fourth-order valence-corrected chi connectivity index (χ4v) is 3.59. The number of aromatic nitrogens is 3. The molecule has 0 atom stereocenters. The van der Waals surface area contributed by atoms with E-state index in [2.05, 4.69) is 41.4 Å². The lowest BCUT2D eigenvalue weighted by atomic mass is 10.1. The molecule has 4 rings (SSSR count). The highest BCUT2D eigenvalue weighted by molar-refractivity contribution is 5.87. The molecular weight excluding hydrogens is 430 g/mol. The zero-order chi connectivity index (χ0) is 24.1. The van der Waals surface area contributed by atoms with E-state index in [1.54, 1.807) is 19.3 Å². The molecule has 0 fully saturated rings. The van der Waals surface area contributed by atoms with Gasteiger partial charge in [0.25, 0.3) is 0 Å². The van der Waals surface area contributed by atoms with E-state index < -0.39 is 5.97 Å². The molecule has 0 bridgehead atoms. The Bertz CT molecular complexity index is 1300. The van der Waals surface area contributed by atoms with Crippen LogP contribution in [0.4, 0.5) is 0 Å². The Morgan fingerprint density at radius 2 is 1.79 bits per heavy atom. The number of hydrogen-bond acceptors (Lipinski definition) is 6. The number of methoxy groups -OCH3 is 1. The van der Waals surface area contributed by atoms with Gasteiger partial charge in [0.2, 0.25) is 0 Å². The lowest BCUT2D eigenvalue weighted by Gasteiger charge is -2.05. The monoisotopic (exact) mass is 457 g/mol. The molecule has 0 saturated heterocycles. The van der Waals surface area contributed by atoms with Crippen LogP contribution in [0.2, 0.25) is 0 Å². The van der Waals surface area contributed by atoms with E-state index in [9.17, 15) is 4.79 Å². The summed E-state index contributed by atoms with van der Waals surface area (Å²) >= 11 is 0. The van der Waals surface area contributed by atoms with Crippen LogP contribution in [0.15, 0.2) is 65.2 Å². The van der Waals surface area contributed by atoms with Gasteiger partial charge in [0.1, 0.15) is 11.4 Å². The predicted octanol–water partition coefficient (Wildman–Crippen LogP) is 5.28. The number of aryl methyl sites for hydroxylation is 2.